The summed E-state index contributed by atoms with van der Waals surface area (Å²) in [5.41, 5.74) is 2.12. The minimum atomic E-state index is -0.367. The van der Waals surface area contributed by atoms with E-state index in [-0.39, 0.29) is 17.4 Å². The van der Waals surface area contributed by atoms with Crippen LogP contribution in [-0.4, -0.2) is 32.5 Å². The van der Waals surface area contributed by atoms with Crippen LogP contribution >= 0.6 is 11.8 Å². The van der Waals surface area contributed by atoms with Crippen LogP contribution < -0.4 is 10.6 Å². The van der Waals surface area contributed by atoms with Crippen molar-refractivity contribution in [2.24, 2.45) is 0 Å². The standard InChI is InChI=1S/C21H23N5O2S/c1-21(2,3)25-19(28)16-6-4-5-7-17(16)24-18(27)15-10-8-14(9-11-15)12-29-20-22-13-23-26-20/h4-11,13H,12H2,1-3H3,(H,24,27)(H,25,28)(H,22,23,26). The van der Waals surface area contributed by atoms with E-state index in [9.17, 15) is 9.59 Å². The third-order valence-electron chi connectivity index (χ3n) is 3.89. The van der Waals surface area contributed by atoms with E-state index >= 15 is 0 Å². The zero-order valence-corrected chi connectivity index (χ0v) is 17.3. The van der Waals surface area contributed by atoms with E-state index in [1.807, 2.05) is 32.9 Å². The zero-order chi connectivity index (χ0) is 20.9. The molecule has 1 aromatic heterocycles. The van der Waals surface area contributed by atoms with Crippen LogP contribution in [0.1, 0.15) is 47.1 Å². The van der Waals surface area contributed by atoms with Gasteiger partial charge >= 0.3 is 0 Å². The number of aromatic nitrogens is 3. The van der Waals surface area contributed by atoms with Gasteiger partial charge in [-0.1, -0.05) is 36.0 Å². The van der Waals surface area contributed by atoms with Crippen LogP contribution in [0, 0.1) is 0 Å². The number of nitrogens with zero attached hydrogens (tertiary/aromatic N) is 2. The Morgan fingerprint density at radius 2 is 1.76 bits per heavy atom. The third-order valence-corrected chi connectivity index (χ3v) is 4.84. The summed E-state index contributed by atoms with van der Waals surface area (Å²) in [7, 11) is 0. The summed E-state index contributed by atoms with van der Waals surface area (Å²) >= 11 is 1.53. The number of carbonyl (C=O) groups is 2. The molecule has 0 saturated carbocycles. The van der Waals surface area contributed by atoms with E-state index in [1.165, 1.54) is 18.1 Å². The van der Waals surface area contributed by atoms with Gasteiger partial charge in [0.25, 0.3) is 11.8 Å². The first-order chi connectivity index (χ1) is 13.8. The minimum Gasteiger partial charge on any atom is -0.347 e. The van der Waals surface area contributed by atoms with E-state index in [2.05, 4.69) is 25.8 Å². The molecule has 0 spiro atoms. The van der Waals surface area contributed by atoms with Gasteiger partial charge in [-0.25, -0.2) is 4.98 Å². The molecule has 2 aromatic carbocycles. The fourth-order valence-electron chi connectivity index (χ4n) is 2.56. The number of anilines is 1. The Labute approximate surface area is 173 Å². The van der Waals surface area contributed by atoms with Crippen LogP contribution in [0.25, 0.3) is 0 Å². The van der Waals surface area contributed by atoms with Crippen molar-refractivity contribution >= 4 is 29.3 Å². The monoisotopic (exact) mass is 409 g/mol. The molecule has 7 nitrogen and oxygen atoms in total. The van der Waals surface area contributed by atoms with Gasteiger partial charge in [0.05, 0.1) is 11.3 Å². The lowest BCUT2D eigenvalue weighted by molar-refractivity contribution is 0.0920. The van der Waals surface area contributed by atoms with Gasteiger partial charge in [-0.15, -0.1) is 0 Å². The Bertz CT molecular complexity index is 979. The second-order valence-corrected chi connectivity index (χ2v) is 8.44. The van der Waals surface area contributed by atoms with E-state index in [1.54, 1.807) is 36.4 Å². The number of nitrogens with one attached hydrogen (secondary N) is 3. The Balaban J connectivity index is 1.66. The van der Waals surface area contributed by atoms with Crippen molar-refractivity contribution in [3.05, 3.63) is 71.5 Å². The molecule has 0 bridgehead atoms. The van der Waals surface area contributed by atoms with Gasteiger partial charge in [0.2, 0.25) is 0 Å². The molecule has 1 heterocycles. The molecule has 8 heteroatoms. The van der Waals surface area contributed by atoms with Gasteiger partial charge in [0.15, 0.2) is 5.16 Å². The zero-order valence-electron chi connectivity index (χ0n) is 16.5. The number of aromatic amines is 1. The Morgan fingerprint density at radius 1 is 1.03 bits per heavy atom. The van der Waals surface area contributed by atoms with Crippen LogP contribution in [0.3, 0.4) is 0 Å². The molecule has 3 aromatic rings. The van der Waals surface area contributed by atoms with Crippen LogP contribution in [0.5, 0.6) is 0 Å². The largest absolute Gasteiger partial charge is 0.347 e. The quantitative estimate of drug-likeness (QED) is 0.537. The fourth-order valence-corrected chi connectivity index (χ4v) is 3.30. The van der Waals surface area contributed by atoms with Gasteiger partial charge in [-0.2, -0.15) is 5.10 Å². The maximum absolute atomic E-state index is 12.7. The van der Waals surface area contributed by atoms with Crippen LogP contribution in [-0.2, 0) is 5.75 Å². The van der Waals surface area contributed by atoms with Crippen molar-refractivity contribution < 1.29 is 9.59 Å². The van der Waals surface area contributed by atoms with Gasteiger partial charge in [-0.3, -0.25) is 14.7 Å². The third kappa shape index (κ3) is 5.92. The van der Waals surface area contributed by atoms with Gasteiger partial charge < -0.3 is 10.6 Å². The summed E-state index contributed by atoms with van der Waals surface area (Å²) in [6, 6.07) is 14.3. The number of thioether (sulfide) groups is 1. The molecule has 29 heavy (non-hydrogen) atoms. The topological polar surface area (TPSA) is 99.8 Å². The highest BCUT2D eigenvalue weighted by Gasteiger charge is 2.19. The molecule has 3 N–H and O–H groups in total. The Hall–Kier alpha value is -3.13. The molecule has 0 unspecified atom stereocenters. The molecular weight excluding hydrogens is 386 g/mol. The molecule has 0 saturated heterocycles. The second kappa shape index (κ2) is 8.91. The predicted octanol–water partition coefficient (Wildman–Crippen LogP) is 3.88. The Kier molecular flexibility index (Phi) is 6.33. The molecule has 150 valence electrons. The van der Waals surface area contributed by atoms with E-state index < -0.39 is 0 Å². The van der Waals surface area contributed by atoms with Gasteiger partial charge in [-0.05, 0) is 50.6 Å². The summed E-state index contributed by atoms with van der Waals surface area (Å²) in [5, 5.41) is 13.1. The summed E-state index contributed by atoms with van der Waals surface area (Å²) in [6.07, 6.45) is 1.47. The minimum absolute atomic E-state index is 0.229. The van der Waals surface area contributed by atoms with Crippen molar-refractivity contribution in [3.8, 4) is 0 Å². The van der Waals surface area contributed by atoms with E-state index in [4.69, 9.17) is 0 Å². The van der Waals surface area contributed by atoms with Crippen molar-refractivity contribution in [1.82, 2.24) is 20.5 Å². The first-order valence-corrected chi connectivity index (χ1v) is 10.1. The lowest BCUT2D eigenvalue weighted by Crippen LogP contribution is -2.40. The second-order valence-electron chi connectivity index (χ2n) is 7.48. The fraction of sp³-hybridized carbons (Fsp3) is 0.238. The molecule has 3 rings (SSSR count). The maximum Gasteiger partial charge on any atom is 0.255 e. The first kappa shape index (κ1) is 20.6. The van der Waals surface area contributed by atoms with E-state index in [0.29, 0.717) is 22.6 Å². The number of H-pyrrole nitrogens is 1. The molecule has 2 amide bonds. The van der Waals surface area contributed by atoms with Crippen molar-refractivity contribution in [3.63, 3.8) is 0 Å². The maximum atomic E-state index is 12.7. The van der Waals surface area contributed by atoms with Crippen molar-refractivity contribution in [1.29, 1.82) is 0 Å². The normalized spacial score (nSPS) is 11.1. The summed E-state index contributed by atoms with van der Waals surface area (Å²) in [4.78, 5) is 29.3. The highest BCUT2D eigenvalue weighted by molar-refractivity contribution is 7.98. The molecule has 0 fully saturated rings. The number of hydrogen-bond acceptors (Lipinski definition) is 5. The highest BCUT2D eigenvalue weighted by atomic mass is 32.2. The molecule has 0 aliphatic carbocycles. The predicted molar refractivity (Wildman–Crippen MR) is 114 cm³/mol. The molecule has 0 aliphatic heterocycles. The van der Waals surface area contributed by atoms with E-state index in [0.717, 1.165) is 10.7 Å². The average molecular weight is 410 g/mol. The number of amides is 2. The summed E-state index contributed by atoms with van der Waals surface area (Å²) in [6.45, 7) is 5.73. The number of hydrogen-bond donors (Lipinski definition) is 3. The number of carbonyl (C=O) groups excluding carboxylic acids is 2. The van der Waals surface area contributed by atoms with Gasteiger partial charge in [0, 0.05) is 16.9 Å². The van der Waals surface area contributed by atoms with Gasteiger partial charge in [0.1, 0.15) is 6.33 Å². The molecule has 0 aliphatic rings. The summed E-state index contributed by atoms with van der Waals surface area (Å²) < 4.78 is 0. The average Bonchev–Trinajstić information content (AvgIpc) is 3.19. The Morgan fingerprint density at radius 3 is 2.41 bits per heavy atom. The first-order valence-electron chi connectivity index (χ1n) is 9.12. The van der Waals surface area contributed by atoms with Crippen LogP contribution in [0.2, 0.25) is 0 Å². The molecule has 0 atom stereocenters. The number of para-hydroxylation sites is 1. The van der Waals surface area contributed by atoms with Crippen LogP contribution in [0.15, 0.2) is 60.0 Å². The lowest BCUT2D eigenvalue weighted by Gasteiger charge is -2.21. The van der Waals surface area contributed by atoms with Crippen molar-refractivity contribution in [2.75, 3.05) is 5.32 Å². The number of benzene rings is 2. The number of rotatable bonds is 6. The van der Waals surface area contributed by atoms with Crippen molar-refractivity contribution in [2.45, 2.75) is 37.2 Å². The smallest absolute Gasteiger partial charge is 0.255 e. The summed E-state index contributed by atoms with van der Waals surface area (Å²) in [5.74, 6) is 0.219. The lowest BCUT2D eigenvalue weighted by atomic mass is 10.1. The molecule has 0 radical (unpaired) electrons. The molecular formula is C21H23N5O2S. The van der Waals surface area contributed by atoms with Crippen LogP contribution in [0.4, 0.5) is 5.69 Å². The highest BCUT2D eigenvalue weighted by Crippen LogP contribution is 2.20. The SMILES string of the molecule is CC(C)(C)NC(=O)c1ccccc1NC(=O)c1ccc(CSc2ncn[nH]2)cc1.